The Morgan fingerprint density at radius 3 is 1.90 bits per heavy atom. The van der Waals surface area contributed by atoms with Gasteiger partial charge in [-0.2, -0.15) is 0 Å². The fourth-order valence-corrected chi connectivity index (χ4v) is 10.0. The third-order valence-electron chi connectivity index (χ3n) is 11.3. The van der Waals surface area contributed by atoms with Crippen molar-refractivity contribution in [2.24, 2.45) is 0 Å². The van der Waals surface area contributed by atoms with Gasteiger partial charge in [-0.3, -0.25) is 0 Å². The highest BCUT2D eigenvalue weighted by Gasteiger charge is 2.38. The molecule has 0 radical (unpaired) electrons. The summed E-state index contributed by atoms with van der Waals surface area (Å²) in [6.07, 6.45) is 0. The molecule has 240 valence electrons. The molecule has 8 aromatic carbocycles. The van der Waals surface area contributed by atoms with Crippen LogP contribution >= 0.6 is 11.3 Å². The Hall–Kier alpha value is -5.96. The molecule has 0 saturated carbocycles. The topological polar surface area (TPSA) is 4.93 Å². The summed E-state index contributed by atoms with van der Waals surface area (Å²) < 4.78 is 5.21. The summed E-state index contributed by atoms with van der Waals surface area (Å²) in [4.78, 5) is 0. The summed E-state index contributed by atoms with van der Waals surface area (Å²) >= 11 is 1.91. The maximum atomic E-state index is 2.48. The predicted molar refractivity (Wildman–Crippen MR) is 220 cm³/mol. The van der Waals surface area contributed by atoms with Crippen molar-refractivity contribution in [3.63, 3.8) is 0 Å². The summed E-state index contributed by atoms with van der Waals surface area (Å²) in [5.41, 5.74) is 14.0. The van der Waals surface area contributed by atoms with Crippen LogP contribution in [0.3, 0.4) is 0 Å². The highest BCUT2D eigenvalue weighted by molar-refractivity contribution is 7.25. The molecule has 1 aliphatic rings. The SMILES string of the molecule is CC1(C)c2cc(-n3c4ccc(-c5ccccc5)cc4c4cc(-c5ccc6ccccc6c5)ccc43)ccc2-c2ccc3sc4ccccc4c3c21. The first-order chi connectivity index (χ1) is 25.0. The summed E-state index contributed by atoms with van der Waals surface area (Å²) in [5, 5.41) is 7.85. The van der Waals surface area contributed by atoms with Crippen LogP contribution in [0.5, 0.6) is 0 Å². The highest BCUT2D eigenvalue weighted by Crippen LogP contribution is 2.54. The van der Waals surface area contributed by atoms with Gasteiger partial charge in [0.15, 0.2) is 0 Å². The van der Waals surface area contributed by atoms with E-state index in [9.17, 15) is 0 Å². The van der Waals surface area contributed by atoms with Crippen molar-refractivity contribution in [1.82, 2.24) is 4.57 Å². The van der Waals surface area contributed by atoms with E-state index in [0.717, 1.165) is 0 Å². The largest absolute Gasteiger partial charge is 0.309 e. The minimum Gasteiger partial charge on any atom is -0.309 e. The molecule has 11 rings (SSSR count). The van der Waals surface area contributed by atoms with E-state index < -0.39 is 0 Å². The normalized spacial score (nSPS) is 13.5. The molecule has 0 unspecified atom stereocenters. The lowest BCUT2D eigenvalue weighted by molar-refractivity contribution is 0.666. The number of nitrogens with zero attached hydrogens (tertiary/aromatic N) is 1. The molecule has 0 amide bonds. The molecule has 2 heteroatoms. The summed E-state index contributed by atoms with van der Waals surface area (Å²) in [6, 6.07) is 61.0. The van der Waals surface area contributed by atoms with E-state index in [-0.39, 0.29) is 5.41 Å². The van der Waals surface area contributed by atoms with Crippen molar-refractivity contribution in [1.29, 1.82) is 0 Å². The predicted octanol–water partition coefficient (Wildman–Crippen LogP) is 13.9. The van der Waals surface area contributed by atoms with E-state index in [1.807, 2.05) is 11.3 Å². The molecule has 0 aliphatic heterocycles. The Kier molecular flexibility index (Phi) is 5.95. The molecule has 0 saturated heterocycles. The Balaban J connectivity index is 1.13. The van der Waals surface area contributed by atoms with Crippen molar-refractivity contribution < 1.29 is 0 Å². The van der Waals surface area contributed by atoms with Gasteiger partial charge in [0.2, 0.25) is 0 Å². The van der Waals surface area contributed by atoms with Gasteiger partial charge in [-0.05, 0) is 110 Å². The Morgan fingerprint density at radius 1 is 0.451 bits per heavy atom. The first-order valence-electron chi connectivity index (χ1n) is 17.8. The van der Waals surface area contributed by atoms with Gasteiger partial charge in [-0.15, -0.1) is 11.3 Å². The average molecular weight is 668 g/mol. The first kappa shape index (κ1) is 28.8. The molecule has 0 N–H and O–H groups in total. The molecular weight excluding hydrogens is 635 g/mol. The van der Waals surface area contributed by atoms with Gasteiger partial charge in [0.05, 0.1) is 11.0 Å². The van der Waals surface area contributed by atoms with E-state index in [1.54, 1.807) is 0 Å². The fraction of sp³-hybridized carbons (Fsp3) is 0.0612. The molecule has 2 heterocycles. The minimum absolute atomic E-state index is 0.146. The van der Waals surface area contributed by atoms with Crippen LogP contribution in [0, 0.1) is 0 Å². The van der Waals surface area contributed by atoms with Crippen LogP contribution in [0.2, 0.25) is 0 Å². The summed E-state index contributed by atoms with van der Waals surface area (Å²) in [5.74, 6) is 0. The second kappa shape index (κ2) is 10.5. The van der Waals surface area contributed by atoms with Crippen molar-refractivity contribution in [2.45, 2.75) is 19.3 Å². The molecule has 51 heavy (non-hydrogen) atoms. The molecule has 0 fully saturated rings. The fourth-order valence-electron chi connectivity index (χ4n) is 8.91. The third kappa shape index (κ3) is 4.14. The van der Waals surface area contributed by atoms with Crippen molar-refractivity contribution in [3.8, 4) is 39.1 Å². The quantitative estimate of drug-likeness (QED) is 0.177. The van der Waals surface area contributed by atoms with Crippen LogP contribution in [0.25, 0.3) is 91.8 Å². The molecule has 0 bridgehead atoms. The van der Waals surface area contributed by atoms with Gasteiger partial charge in [0.1, 0.15) is 0 Å². The van der Waals surface area contributed by atoms with E-state index in [0.29, 0.717) is 0 Å². The number of thiophene rings is 1. The number of aromatic nitrogens is 1. The summed E-state index contributed by atoms with van der Waals surface area (Å²) in [7, 11) is 0. The van der Waals surface area contributed by atoms with E-state index in [1.165, 1.54) is 103 Å². The molecular formula is C49H33NS. The number of benzene rings is 8. The van der Waals surface area contributed by atoms with Gasteiger partial charge in [-0.1, -0.05) is 123 Å². The standard InChI is InChI=1S/C49H33NS/c1-49(2)42-29-36(20-21-37(42)38-22-25-46-47(48(38)49)39-14-8-9-15-45(39)51-46)50-43-23-18-34(30-10-4-3-5-11-30)27-40(43)41-28-35(19-24-44(41)50)33-17-16-31-12-6-7-13-32(31)26-33/h3-29H,1-2H3. The van der Waals surface area contributed by atoms with Gasteiger partial charge in [0.25, 0.3) is 0 Å². The molecule has 2 aromatic heterocycles. The van der Waals surface area contributed by atoms with Crippen molar-refractivity contribution in [3.05, 3.63) is 175 Å². The van der Waals surface area contributed by atoms with E-state index in [4.69, 9.17) is 0 Å². The Labute approximate surface area is 300 Å². The van der Waals surface area contributed by atoms with Crippen LogP contribution in [-0.2, 0) is 5.41 Å². The van der Waals surface area contributed by atoms with E-state index in [2.05, 4.69) is 182 Å². The van der Waals surface area contributed by atoms with Crippen LogP contribution in [0.4, 0.5) is 0 Å². The number of hydrogen-bond acceptors (Lipinski definition) is 1. The maximum absolute atomic E-state index is 2.48. The van der Waals surface area contributed by atoms with Crippen LogP contribution in [0.15, 0.2) is 164 Å². The third-order valence-corrected chi connectivity index (χ3v) is 12.5. The molecule has 1 aliphatic carbocycles. The highest BCUT2D eigenvalue weighted by atomic mass is 32.1. The lowest BCUT2D eigenvalue weighted by atomic mass is 9.80. The Morgan fingerprint density at radius 2 is 1.10 bits per heavy atom. The molecule has 10 aromatic rings. The van der Waals surface area contributed by atoms with Gasteiger partial charge in [-0.25, -0.2) is 0 Å². The smallest absolute Gasteiger partial charge is 0.0541 e. The van der Waals surface area contributed by atoms with Crippen LogP contribution in [-0.4, -0.2) is 4.57 Å². The maximum Gasteiger partial charge on any atom is 0.0541 e. The minimum atomic E-state index is -0.146. The van der Waals surface area contributed by atoms with Crippen molar-refractivity contribution >= 4 is 64.1 Å². The van der Waals surface area contributed by atoms with Crippen molar-refractivity contribution in [2.75, 3.05) is 0 Å². The lowest BCUT2D eigenvalue weighted by Gasteiger charge is -2.23. The van der Waals surface area contributed by atoms with Gasteiger partial charge in [0, 0.05) is 42.0 Å². The van der Waals surface area contributed by atoms with E-state index >= 15 is 0 Å². The lowest BCUT2D eigenvalue weighted by Crippen LogP contribution is -2.15. The molecule has 0 spiro atoms. The first-order valence-corrected chi connectivity index (χ1v) is 18.6. The van der Waals surface area contributed by atoms with Gasteiger partial charge < -0.3 is 4.57 Å². The van der Waals surface area contributed by atoms with Crippen LogP contribution < -0.4 is 0 Å². The average Bonchev–Trinajstić information content (AvgIpc) is 3.79. The second-order valence-corrected chi connectivity index (χ2v) is 15.6. The summed E-state index contributed by atoms with van der Waals surface area (Å²) in [6.45, 7) is 4.84. The number of rotatable bonds is 3. The second-order valence-electron chi connectivity index (χ2n) is 14.5. The number of fused-ring (bicyclic) bond motifs is 11. The molecule has 1 nitrogen and oxygen atoms in total. The Bertz CT molecular complexity index is 3050. The molecule has 0 atom stereocenters. The van der Waals surface area contributed by atoms with Crippen LogP contribution in [0.1, 0.15) is 25.0 Å². The zero-order valence-corrected chi connectivity index (χ0v) is 29.3. The zero-order valence-electron chi connectivity index (χ0n) is 28.4. The number of hydrogen-bond donors (Lipinski definition) is 0. The zero-order chi connectivity index (χ0) is 33.8. The van der Waals surface area contributed by atoms with Gasteiger partial charge >= 0.3 is 0 Å². The monoisotopic (exact) mass is 667 g/mol.